The number of anilines is 1. The number of nitrogens with two attached hydrogens (primary N) is 1. The van der Waals surface area contributed by atoms with Crippen LogP contribution in [0.4, 0.5) is 18.9 Å². The largest absolute Gasteiger partial charge is 0.402 e. The lowest BCUT2D eigenvalue weighted by atomic mass is 9.87. The lowest BCUT2D eigenvalue weighted by molar-refractivity contribution is -0.121. The second-order valence-corrected chi connectivity index (χ2v) is 8.06. The maximum absolute atomic E-state index is 12.1. The number of halogens is 4. The molecule has 0 saturated heterocycles. The molecule has 1 amide bonds. The minimum Gasteiger partial charge on any atom is -0.325 e. The van der Waals surface area contributed by atoms with Crippen LogP contribution in [0.5, 0.6) is 0 Å². The zero-order valence-electron chi connectivity index (χ0n) is 13.8. The van der Waals surface area contributed by atoms with Gasteiger partial charge in [0.2, 0.25) is 15.9 Å². The first-order valence-corrected chi connectivity index (χ1v) is 8.43. The van der Waals surface area contributed by atoms with Gasteiger partial charge in [-0.3, -0.25) is 4.79 Å². The molecule has 6 nitrogen and oxygen atoms in total. The Bertz CT molecular complexity index is 686. The van der Waals surface area contributed by atoms with Gasteiger partial charge in [-0.1, -0.05) is 20.8 Å². The average molecular weight is 404 g/mol. The Morgan fingerprint density at radius 3 is 2.04 bits per heavy atom. The number of rotatable bonds is 5. The number of hydrogen-bond acceptors (Lipinski definition) is 4. The highest BCUT2D eigenvalue weighted by Gasteiger charge is 2.30. The van der Waals surface area contributed by atoms with Crippen LogP contribution in [-0.4, -0.2) is 33.1 Å². The van der Waals surface area contributed by atoms with E-state index in [9.17, 15) is 26.4 Å². The molecule has 0 aliphatic heterocycles. The number of sulfonamides is 1. The Hall–Kier alpha value is -1.36. The van der Waals surface area contributed by atoms with Crippen LogP contribution >= 0.6 is 12.4 Å². The summed E-state index contributed by atoms with van der Waals surface area (Å²) in [5.74, 6) is -0.451. The summed E-state index contributed by atoms with van der Waals surface area (Å²) < 4.78 is 61.2. The third kappa shape index (κ3) is 7.59. The van der Waals surface area contributed by atoms with E-state index < -0.39 is 40.1 Å². The Labute approximate surface area is 150 Å². The van der Waals surface area contributed by atoms with E-state index in [1.165, 1.54) is 16.9 Å². The number of nitrogens with one attached hydrogen (secondary N) is 2. The van der Waals surface area contributed by atoms with Crippen molar-refractivity contribution < 1.29 is 26.4 Å². The zero-order valence-corrected chi connectivity index (χ0v) is 15.5. The standard InChI is InChI=1S/C14H20F3N3O3S.ClH/c1-13(2,3)11(18)12(21)20-9-4-6-10(7-5-9)24(22,23)19-8-14(15,16)17;/h4-7,11,19H,8,18H2,1-3H3,(H,20,21);1H/t11-;/m1./s1. The second-order valence-electron chi connectivity index (χ2n) is 6.30. The molecule has 0 saturated carbocycles. The molecule has 0 aromatic heterocycles. The van der Waals surface area contributed by atoms with E-state index in [1.807, 2.05) is 0 Å². The minimum absolute atomic E-state index is 0. The Morgan fingerprint density at radius 2 is 1.64 bits per heavy atom. The SMILES string of the molecule is CC(C)(C)[C@H](N)C(=O)Nc1ccc(S(=O)(=O)NCC(F)(F)F)cc1.Cl. The Morgan fingerprint density at radius 1 is 1.16 bits per heavy atom. The molecule has 1 atom stereocenters. The molecule has 144 valence electrons. The van der Waals surface area contributed by atoms with Crippen LogP contribution in [0.15, 0.2) is 29.2 Å². The summed E-state index contributed by atoms with van der Waals surface area (Å²) in [7, 11) is -4.29. The summed E-state index contributed by atoms with van der Waals surface area (Å²) in [6, 6.07) is 3.95. The molecule has 0 heterocycles. The van der Waals surface area contributed by atoms with Gasteiger partial charge in [0.05, 0.1) is 10.9 Å². The number of benzene rings is 1. The minimum atomic E-state index is -4.65. The van der Waals surface area contributed by atoms with Gasteiger partial charge in [-0.05, 0) is 29.7 Å². The maximum Gasteiger partial charge on any atom is 0.402 e. The van der Waals surface area contributed by atoms with Gasteiger partial charge in [-0.2, -0.15) is 13.2 Å². The summed E-state index contributed by atoms with van der Waals surface area (Å²) in [5.41, 5.74) is 5.62. The van der Waals surface area contributed by atoms with E-state index in [4.69, 9.17) is 5.73 Å². The van der Waals surface area contributed by atoms with Gasteiger partial charge in [-0.15, -0.1) is 12.4 Å². The van der Waals surface area contributed by atoms with Gasteiger partial charge in [0.25, 0.3) is 0 Å². The van der Waals surface area contributed by atoms with Crippen molar-refractivity contribution in [1.29, 1.82) is 0 Å². The van der Waals surface area contributed by atoms with Crippen molar-refractivity contribution in [2.24, 2.45) is 11.1 Å². The van der Waals surface area contributed by atoms with Crippen LogP contribution in [0.3, 0.4) is 0 Å². The van der Waals surface area contributed by atoms with Crippen molar-refractivity contribution in [3.05, 3.63) is 24.3 Å². The molecule has 1 rings (SSSR count). The summed E-state index contributed by atoms with van der Waals surface area (Å²) in [4.78, 5) is 11.6. The summed E-state index contributed by atoms with van der Waals surface area (Å²) in [6.07, 6.45) is -4.65. The fraction of sp³-hybridized carbons (Fsp3) is 0.500. The zero-order chi connectivity index (χ0) is 18.8. The first kappa shape index (κ1) is 23.6. The summed E-state index contributed by atoms with van der Waals surface area (Å²) in [6.45, 7) is 3.71. The molecule has 11 heteroatoms. The molecule has 0 radical (unpaired) electrons. The van der Waals surface area contributed by atoms with Gasteiger partial charge in [0, 0.05) is 5.69 Å². The fourth-order valence-corrected chi connectivity index (χ4v) is 2.61. The molecular formula is C14H21ClF3N3O3S. The van der Waals surface area contributed by atoms with Gasteiger partial charge in [0.15, 0.2) is 0 Å². The lowest BCUT2D eigenvalue weighted by Crippen LogP contribution is -2.45. The van der Waals surface area contributed by atoms with Crippen LogP contribution < -0.4 is 15.8 Å². The average Bonchev–Trinajstić information content (AvgIpc) is 2.43. The molecule has 4 N–H and O–H groups in total. The van der Waals surface area contributed by atoms with E-state index in [0.717, 1.165) is 12.1 Å². The van der Waals surface area contributed by atoms with Gasteiger partial charge < -0.3 is 11.1 Å². The van der Waals surface area contributed by atoms with Crippen LogP contribution in [0, 0.1) is 5.41 Å². The quantitative estimate of drug-likeness (QED) is 0.701. The second kappa shape index (κ2) is 8.35. The Kier molecular flexibility index (Phi) is 7.89. The molecule has 0 fully saturated rings. The van der Waals surface area contributed by atoms with Crippen molar-refractivity contribution in [1.82, 2.24) is 4.72 Å². The number of alkyl halides is 3. The van der Waals surface area contributed by atoms with Crippen molar-refractivity contribution in [2.45, 2.75) is 37.9 Å². The fourth-order valence-electron chi connectivity index (χ4n) is 1.59. The van der Waals surface area contributed by atoms with E-state index >= 15 is 0 Å². The van der Waals surface area contributed by atoms with Crippen LogP contribution in [0.1, 0.15) is 20.8 Å². The first-order chi connectivity index (χ1) is 10.7. The number of carbonyl (C=O) groups excluding carboxylic acids is 1. The molecule has 0 aliphatic rings. The Balaban J connectivity index is 0.00000576. The molecule has 0 unspecified atom stereocenters. The molecule has 1 aromatic carbocycles. The third-order valence-electron chi connectivity index (χ3n) is 3.11. The van der Waals surface area contributed by atoms with Crippen molar-refractivity contribution in [3.63, 3.8) is 0 Å². The topological polar surface area (TPSA) is 101 Å². The predicted molar refractivity (Wildman–Crippen MR) is 91.0 cm³/mol. The normalized spacial score (nSPS) is 13.7. The number of carbonyl (C=O) groups is 1. The van der Waals surface area contributed by atoms with E-state index in [2.05, 4.69) is 5.32 Å². The van der Waals surface area contributed by atoms with Crippen molar-refractivity contribution >= 4 is 34.0 Å². The van der Waals surface area contributed by atoms with Crippen LogP contribution in [0.2, 0.25) is 0 Å². The number of amides is 1. The highest BCUT2D eigenvalue weighted by Crippen LogP contribution is 2.20. The molecular weight excluding hydrogens is 383 g/mol. The third-order valence-corrected chi connectivity index (χ3v) is 4.53. The van der Waals surface area contributed by atoms with Gasteiger partial charge in [-0.25, -0.2) is 13.1 Å². The van der Waals surface area contributed by atoms with Crippen LogP contribution in [-0.2, 0) is 14.8 Å². The lowest BCUT2D eigenvalue weighted by Gasteiger charge is -2.25. The van der Waals surface area contributed by atoms with Gasteiger partial charge >= 0.3 is 6.18 Å². The monoisotopic (exact) mass is 403 g/mol. The summed E-state index contributed by atoms with van der Waals surface area (Å²) in [5, 5.41) is 2.52. The molecule has 0 aliphatic carbocycles. The van der Waals surface area contributed by atoms with Crippen molar-refractivity contribution in [2.75, 3.05) is 11.9 Å². The maximum atomic E-state index is 12.1. The smallest absolute Gasteiger partial charge is 0.325 e. The van der Waals surface area contributed by atoms with Gasteiger partial charge in [0.1, 0.15) is 6.54 Å². The number of hydrogen-bond donors (Lipinski definition) is 3. The molecule has 0 bridgehead atoms. The molecule has 1 aromatic rings. The summed E-state index contributed by atoms with van der Waals surface area (Å²) >= 11 is 0. The predicted octanol–water partition coefficient (Wildman–Crippen LogP) is 2.26. The highest BCUT2D eigenvalue weighted by molar-refractivity contribution is 7.89. The highest BCUT2D eigenvalue weighted by atomic mass is 35.5. The first-order valence-electron chi connectivity index (χ1n) is 6.95. The molecule has 25 heavy (non-hydrogen) atoms. The van der Waals surface area contributed by atoms with Crippen molar-refractivity contribution in [3.8, 4) is 0 Å². The molecule has 0 spiro atoms. The van der Waals surface area contributed by atoms with E-state index in [-0.39, 0.29) is 23.0 Å². The van der Waals surface area contributed by atoms with E-state index in [1.54, 1.807) is 20.8 Å². The van der Waals surface area contributed by atoms with Crippen LogP contribution in [0.25, 0.3) is 0 Å². The van der Waals surface area contributed by atoms with E-state index in [0.29, 0.717) is 0 Å².